The van der Waals surface area contributed by atoms with E-state index in [1.807, 2.05) is 0 Å². The van der Waals surface area contributed by atoms with Crippen LogP contribution in [0.1, 0.15) is 20.7 Å². The second-order valence-electron chi connectivity index (χ2n) is 5.31. The van der Waals surface area contributed by atoms with Crippen LogP contribution in [-0.4, -0.2) is 16.4 Å². The monoisotopic (exact) mass is 387 g/mol. The largest absolute Gasteiger partial charge is 0.366 e. The minimum absolute atomic E-state index is 0.197. The van der Waals surface area contributed by atoms with Crippen LogP contribution in [0.3, 0.4) is 0 Å². The molecule has 2 aromatic carbocycles. The Labute approximate surface area is 158 Å². The number of aromatic nitrogens is 1. The molecule has 138 valence electrons. The Morgan fingerprint density at radius 1 is 0.926 bits per heavy atom. The van der Waals surface area contributed by atoms with Crippen molar-refractivity contribution in [2.45, 2.75) is 0 Å². The summed E-state index contributed by atoms with van der Waals surface area (Å²) in [5.41, 5.74) is 10.3. The fourth-order valence-corrected chi connectivity index (χ4v) is 2.23. The molecule has 0 atom stereocenters. The summed E-state index contributed by atoms with van der Waals surface area (Å²) in [6, 6.07) is 14.9. The highest BCUT2D eigenvalue weighted by Crippen LogP contribution is 2.12. The lowest BCUT2D eigenvalue weighted by atomic mass is 10.2. The maximum Gasteiger partial charge on any atom is 0.255 e. The third-order valence-electron chi connectivity index (χ3n) is 3.45. The van der Waals surface area contributed by atoms with Crippen LogP contribution in [0.15, 0.2) is 71.7 Å². The maximum absolute atomic E-state index is 13.5. The summed E-state index contributed by atoms with van der Waals surface area (Å²) in [5, 5.41) is 0.602. The number of nitrogens with two attached hydrogens (primary N) is 2. The van der Waals surface area contributed by atoms with Crippen LogP contribution in [0.2, 0.25) is 5.02 Å². The van der Waals surface area contributed by atoms with E-state index in [-0.39, 0.29) is 11.1 Å². The SMILES string of the molecule is NC(=O)c1ccc(-n2ccccc2=O)cc1F.NC(=O)c1ccc(Cl)cc1. The molecule has 0 aliphatic rings. The average molecular weight is 388 g/mol. The zero-order chi connectivity index (χ0) is 20.0. The molecule has 0 saturated carbocycles. The fraction of sp³-hybridized carbons (Fsp3) is 0. The lowest BCUT2D eigenvalue weighted by Crippen LogP contribution is -2.17. The van der Waals surface area contributed by atoms with Crippen molar-refractivity contribution in [2.75, 3.05) is 0 Å². The molecule has 0 unspecified atom stereocenters. The van der Waals surface area contributed by atoms with Crippen LogP contribution < -0.4 is 17.0 Å². The Morgan fingerprint density at radius 3 is 2.11 bits per heavy atom. The van der Waals surface area contributed by atoms with Gasteiger partial charge in [0.05, 0.1) is 11.3 Å². The van der Waals surface area contributed by atoms with Crippen molar-refractivity contribution < 1.29 is 14.0 Å². The van der Waals surface area contributed by atoms with Gasteiger partial charge in [0.15, 0.2) is 0 Å². The van der Waals surface area contributed by atoms with Crippen LogP contribution in [0.5, 0.6) is 0 Å². The first kappa shape index (κ1) is 19.9. The van der Waals surface area contributed by atoms with Gasteiger partial charge in [0.25, 0.3) is 11.5 Å². The van der Waals surface area contributed by atoms with E-state index >= 15 is 0 Å². The van der Waals surface area contributed by atoms with Gasteiger partial charge in [-0.15, -0.1) is 0 Å². The van der Waals surface area contributed by atoms with E-state index < -0.39 is 17.6 Å². The summed E-state index contributed by atoms with van der Waals surface area (Å²) in [4.78, 5) is 32.8. The van der Waals surface area contributed by atoms with Gasteiger partial charge in [-0.25, -0.2) is 4.39 Å². The normalized spacial score (nSPS) is 9.85. The molecule has 6 nitrogen and oxygen atoms in total. The van der Waals surface area contributed by atoms with Gasteiger partial charge in [0, 0.05) is 22.8 Å². The minimum atomic E-state index is -0.838. The van der Waals surface area contributed by atoms with Crippen LogP contribution >= 0.6 is 11.6 Å². The van der Waals surface area contributed by atoms with Crippen LogP contribution in [0.25, 0.3) is 5.69 Å². The highest BCUT2D eigenvalue weighted by Gasteiger charge is 2.09. The van der Waals surface area contributed by atoms with Gasteiger partial charge in [-0.05, 0) is 48.5 Å². The van der Waals surface area contributed by atoms with E-state index in [0.29, 0.717) is 16.3 Å². The van der Waals surface area contributed by atoms with Gasteiger partial charge in [-0.1, -0.05) is 17.7 Å². The molecule has 3 rings (SSSR count). The number of benzene rings is 2. The highest BCUT2D eigenvalue weighted by atomic mass is 35.5. The van der Waals surface area contributed by atoms with Crippen LogP contribution in [0, 0.1) is 5.82 Å². The molecule has 4 N–H and O–H groups in total. The number of halogens is 2. The molecule has 0 spiro atoms. The van der Waals surface area contributed by atoms with Gasteiger partial charge in [-0.3, -0.25) is 19.0 Å². The number of pyridine rings is 1. The first-order valence-electron chi connectivity index (χ1n) is 7.62. The molecule has 1 aromatic heterocycles. The number of nitrogens with zero attached hydrogens (tertiary/aromatic N) is 1. The third kappa shape index (κ3) is 5.26. The third-order valence-corrected chi connectivity index (χ3v) is 3.70. The van der Waals surface area contributed by atoms with E-state index in [2.05, 4.69) is 0 Å². The quantitative estimate of drug-likeness (QED) is 0.720. The lowest BCUT2D eigenvalue weighted by Gasteiger charge is -2.06. The van der Waals surface area contributed by atoms with E-state index in [4.69, 9.17) is 23.1 Å². The van der Waals surface area contributed by atoms with Gasteiger partial charge in [-0.2, -0.15) is 0 Å². The topological polar surface area (TPSA) is 108 Å². The Balaban J connectivity index is 0.000000223. The molecule has 0 aliphatic heterocycles. The Hall–Kier alpha value is -3.45. The maximum atomic E-state index is 13.5. The Kier molecular flexibility index (Phi) is 6.46. The van der Waals surface area contributed by atoms with Crippen molar-refractivity contribution in [1.82, 2.24) is 4.57 Å². The van der Waals surface area contributed by atoms with E-state index in [1.54, 1.807) is 36.4 Å². The molecule has 0 bridgehead atoms. The van der Waals surface area contributed by atoms with Crippen molar-refractivity contribution >= 4 is 23.4 Å². The number of hydrogen-bond acceptors (Lipinski definition) is 3. The van der Waals surface area contributed by atoms with Crippen LogP contribution in [-0.2, 0) is 0 Å². The summed E-state index contributed by atoms with van der Waals surface area (Å²) in [6.45, 7) is 0. The molecule has 0 aliphatic carbocycles. The number of amides is 2. The smallest absolute Gasteiger partial charge is 0.255 e. The van der Waals surface area contributed by atoms with Crippen LogP contribution in [0.4, 0.5) is 4.39 Å². The summed E-state index contributed by atoms with van der Waals surface area (Å²) in [5.74, 6) is -2.02. The summed E-state index contributed by atoms with van der Waals surface area (Å²) in [7, 11) is 0. The number of carbonyl (C=O) groups excluding carboxylic acids is 2. The number of carbonyl (C=O) groups is 2. The summed E-state index contributed by atoms with van der Waals surface area (Å²) >= 11 is 5.56. The highest BCUT2D eigenvalue weighted by molar-refractivity contribution is 6.30. The summed E-state index contributed by atoms with van der Waals surface area (Å²) < 4.78 is 14.8. The van der Waals surface area contributed by atoms with Gasteiger partial charge >= 0.3 is 0 Å². The summed E-state index contributed by atoms with van der Waals surface area (Å²) in [6.07, 6.45) is 1.51. The lowest BCUT2D eigenvalue weighted by molar-refractivity contribution is 0.0989. The zero-order valence-electron chi connectivity index (χ0n) is 13.9. The number of primary amides is 2. The van der Waals surface area contributed by atoms with E-state index in [9.17, 15) is 18.8 Å². The molecule has 0 radical (unpaired) electrons. The van der Waals surface area contributed by atoms with Gasteiger partial charge in [0.1, 0.15) is 5.82 Å². The first-order chi connectivity index (χ1) is 12.8. The van der Waals surface area contributed by atoms with Gasteiger partial charge < -0.3 is 11.5 Å². The van der Waals surface area contributed by atoms with Crippen molar-refractivity contribution in [1.29, 1.82) is 0 Å². The van der Waals surface area contributed by atoms with Crippen molar-refractivity contribution in [2.24, 2.45) is 11.5 Å². The fourth-order valence-electron chi connectivity index (χ4n) is 2.11. The Bertz CT molecular complexity index is 1030. The number of rotatable bonds is 3. The molecular weight excluding hydrogens is 373 g/mol. The van der Waals surface area contributed by atoms with E-state index in [0.717, 1.165) is 6.07 Å². The number of hydrogen-bond donors (Lipinski definition) is 2. The van der Waals surface area contributed by atoms with E-state index in [1.165, 1.54) is 29.0 Å². The Morgan fingerprint density at radius 2 is 1.59 bits per heavy atom. The molecule has 1 heterocycles. The molecule has 27 heavy (non-hydrogen) atoms. The molecule has 0 fully saturated rings. The zero-order valence-corrected chi connectivity index (χ0v) is 14.7. The molecule has 0 saturated heterocycles. The molecule has 2 amide bonds. The molecular formula is C19H15ClFN3O3. The predicted octanol–water partition coefficient (Wildman–Crippen LogP) is 2.51. The average Bonchev–Trinajstić information content (AvgIpc) is 2.62. The predicted molar refractivity (Wildman–Crippen MR) is 100 cm³/mol. The standard InChI is InChI=1S/C12H9FN2O2.C7H6ClNO/c13-10-7-8(4-5-9(10)12(14)17)15-6-2-1-3-11(15)16;8-6-3-1-5(2-4-6)7(9)10/h1-7H,(H2,14,17);1-4H,(H2,9,10). The minimum Gasteiger partial charge on any atom is -0.366 e. The van der Waals surface area contributed by atoms with Crippen molar-refractivity contribution in [3.05, 3.63) is 99.2 Å². The second kappa shape index (κ2) is 8.77. The first-order valence-corrected chi connectivity index (χ1v) is 8.00. The van der Waals surface area contributed by atoms with Crippen molar-refractivity contribution in [3.8, 4) is 5.69 Å². The van der Waals surface area contributed by atoms with Gasteiger partial charge in [0.2, 0.25) is 5.91 Å². The molecule has 8 heteroatoms. The second-order valence-corrected chi connectivity index (χ2v) is 5.74. The molecule has 3 aromatic rings. The van der Waals surface area contributed by atoms with Crippen molar-refractivity contribution in [3.63, 3.8) is 0 Å².